The summed E-state index contributed by atoms with van der Waals surface area (Å²) in [6.07, 6.45) is -9.74. The number of methoxy groups -OCH3 is 1. The van der Waals surface area contributed by atoms with E-state index in [0.717, 1.165) is 19.2 Å². The van der Waals surface area contributed by atoms with Crippen LogP contribution in [0, 0.1) is 0 Å². The number of halogens is 6. The normalized spacial score (nSPS) is 12.0. The number of rotatable bonds is 3. The quantitative estimate of drug-likeness (QED) is 0.564. The van der Waals surface area contributed by atoms with Crippen molar-refractivity contribution < 1.29 is 40.6 Å². The van der Waals surface area contributed by atoms with Gasteiger partial charge in [-0.3, -0.25) is 0 Å². The molecular formula is C16H10F6O3. The molecule has 0 aliphatic heterocycles. The van der Waals surface area contributed by atoms with E-state index in [1.54, 1.807) is 0 Å². The third-order valence-corrected chi connectivity index (χ3v) is 3.16. The zero-order chi connectivity index (χ0) is 18.8. The van der Waals surface area contributed by atoms with Crippen molar-refractivity contribution in [2.45, 2.75) is 12.5 Å². The van der Waals surface area contributed by atoms with Crippen LogP contribution < -0.4 is 4.74 Å². The number of benzene rings is 2. The van der Waals surface area contributed by atoms with E-state index >= 15 is 0 Å². The molecule has 0 radical (unpaired) electrons. The summed E-state index contributed by atoms with van der Waals surface area (Å²) in [6, 6.07) is 6.87. The Balaban J connectivity index is 2.65. The Morgan fingerprint density at radius 3 is 2.12 bits per heavy atom. The molecule has 0 amide bonds. The summed E-state index contributed by atoms with van der Waals surface area (Å²) in [5.41, 5.74) is -2.05. The van der Waals surface area contributed by atoms with E-state index in [2.05, 4.69) is 9.47 Å². The SMILES string of the molecule is COC(=O)c1cc(C(F)(F)F)ccc1-c1ccccc1OC(F)(F)F. The van der Waals surface area contributed by atoms with E-state index in [9.17, 15) is 31.1 Å². The van der Waals surface area contributed by atoms with Crippen LogP contribution in [0.3, 0.4) is 0 Å². The van der Waals surface area contributed by atoms with E-state index in [1.807, 2.05) is 0 Å². The highest BCUT2D eigenvalue weighted by molar-refractivity contribution is 5.98. The first kappa shape index (κ1) is 18.6. The zero-order valence-electron chi connectivity index (χ0n) is 12.5. The van der Waals surface area contributed by atoms with Crippen LogP contribution in [-0.2, 0) is 10.9 Å². The maximum atomic E-state index is 12.8. The predicted octanol–water partition coefficient (Wildman–Crippen LogP) is 5.06. The maximum Gasteiger partial charge on any atom is 0.573 e. The van der Waals surface area contributed by atoms with Gasteiger partial charge in [-0.25, -0.2) is 4.79 Å². The molecule has 0 heterocycles. The van der Waals surface area contributed by atoms with Gasteiger partial charge in [0.05, 0.1) is 18.2 Å². The fraction of sp³-hybridized carbons (Fsp3) is 0.188. The van der Waals surface area contributed by atoms with E-state index in [-0.39, 0.29) is 11.1 Å². The van der Waals surface area contributed by atoms with Gasteiger partial charge in [0.2, 0.25) is 0 Å². The van der Waals surface area contributed by atoms with E-state index in [1.165, 1.54) is 18.2 Å². The standard InChI is InChI=1S/C16H10F6O3/c1-24-14(23)12-8-9(15(17,18)19)6-7-10(12)11-4-2-3-5-13(11)25-16(20,21)22/h2-8H,1H3. The number of esters is 1. The Kier molecular flexibility index (Phi) is 4.96. The molecule has 3 nitrogen and oxygen atoms in total. The Hall–Kier alpha value is -2.71. The highest BCUT2D eigenvalue weighted by Crippen LogP contribution is 2.38. The molecule has 0 saturated heterocycles. The summed E-state index contributed by atoms with van der Waals surface area (Å²) in [5, 5.41) is 0. The molecule has 0 saturated carbocycles. The van der Waals surface area contributed by atoms with Crippen LogP contribution in [-0.4, -0.2) is 19.4 Å². The second-order valence-electron chi connectivity index (χ2n) is 4.79. The lowest BCUT2D eigenvalue weighted by Gasteiger charge is -2.16. The minimum Gasteiger partial charge on any atom is -0.465 e. The largest absolute Gasteiger partial charge is 0.573 e. The molecule has 0 N–H and O–H groups in total. The summed E-state index contributed by atoms with van der Waals surface area (Å²) in [6.45, 7) is 0. The second-order valence-corrected chi connectivity index (χ2v) is 4.79. The van der Waals surface area contributed by atoms with Crippen molar-refractivity contribution in [1.82, 2.24) is 0 Å². The molecule has 0 aromatic heterocycles. The average Bonchev–Trinajstić information content (AvgIpc) is 2.52. The number of para-hydroxylation sites is 1. The lowest BCUT2D eigenvalue weighted by Crippen LogP contribution is -2.18. The molecule has 2 rings (SSSR count). The first-order valence-electron chi connectivity index (χ1n) is 6.67. The van der Waals surface area contributed by atoms with Crippen molar-refractivity contribution >= 4 is 5.97 Å². The van der Waals surface area contributed by atoms with E-state index < -0.39 is 35.4 Å². The lowest BCUT2D eigenvalue weighted by molar-refractivity contribution is -0.274. The molecule has 0 fully saturated rings. The molecule has 2 aromatic rings. The van der Waals surface area contributed by atoms with E-state index in [0.29, 0.717) is 12.1 Å². The van der Waals surface area contributed by atoms with Crippen molar-refractivity contribution in [2.24, 2.45) is 0 Å². The second kappa shape index (κ2) is 6.66. The Labute approximate surface area is 137 Å². The van der Waals surface area contributed by atoms with Crippen LogP contribution in [0.5, 0.6) is 5.75 Å². The monoisotopic (exact) mass is 364 g/mol. The fourth-order valence-corrected chi connectivity index (χ4v) is 2.14. The van der Waals surface area contributed by atoms with Gasteiger partial charge in [0.15, 0.2) is 0 Å². The molecule has 0 spiro atoms. The summed E-state index contributed by atoms with van der Waals surface area (Å²) >= 11 is 0. The molecular weight excluding hydrogens is 354 g/mol. The number of hydrogen-bond acceptors (Lipinski definition) is 3. The van der Waals surface area contributed by atoms with Crippen molar-refractivity contribution in [3.8, 4) is 16.9 Å². The van der Waals surface area contributed by atoms with Gasteiger partial charge in [-0.1, -0.05) is 24.3 Å². The van der Waals surface area contributed by atoms with Gasteiger partial charge in [-0.2, -0.15) is 13.2 Å². The van der Waals surface area contributed by atoms with Crippen LogP contribution in [0.4, 0.5) is 26.3 Å². The number of ether oxygens (including phenoxy) is 2. The molecule has 0 bridgehead atoms. The van der Waals surface area contributed by atoms with Gasteiger partial charge in [0.25, 0.3) is 0 Å². The molecule has 0 atom stereocenters. The Morgan fingerprint density at radius 2 is 1.56 bits per heavy atom. The predicted molar refractivity (Wildman–Crippen MR) is 74.9 cm³/mol. The number of carbonyl (C=O) groups is 1. The van der Waals surface area contributed by atoms with Gasteiger partial charge in [0, 0.05) is 5.56 Å². The summed E-state index contributed by atoms with van der Waals surface area (Å²) in [5.74, 6) is -1.78. The molecule has 9 heteroatoms. The summed E-state index contributed by atoms with van der Waals surface area (Å²) < 4.78 is 84.4. The third kappa shape index (κ3) is 4.43. The third-order valence-electron chi connectivity index (χ3n) is 3.16. The summed E-state index contributed by atoms with van der Waals surface area (Å²) in [4.78, 5) is 11.8. The number of carbonyl (C=O) groups excluding carboxylic acids is 1. The van der Waals surface area contributed by atoms with Crippen molar-refractivity contribution in [2.75, 3.05) is 7.11 Å². The maximum absolute atomic E-state index is 12.8. The minimum atomic E-state index is -5.01. The average molecular weight is 364 g/mol. The van der Waals surface area contributed by atoms with Gasteiger partial charge in [-0.15, -0.1) is 13.2 Å². The first-order valence-corrected chi connectivity index (χ1v) is 6.67. The van der Waals surface area contributed by atoms with Crippen LogP contribution >= 0.6 is 0 Å². The van der Waals surface area contributed by atoms with Crippen LogP contribution in [0.15, 0.2) is 42.5 Å². The zero-order valence-corrected chi connectivity index (χ0v) is 12.5. The minimum absolute atomic E-state index is 0.181. The fourth-order valence-electron chi connectivity index (χ4n) is 2.14. The Bertz CT molecular complexity index is 780. The molecule has 0 unspecified atom stereocenters. The molecule has 0 aliphatic rings. The lowest BCUT2D eigenvalue weighted by atomic mass is 9.96. The topological polar surface area (TPSA) is 35.5 Å². The van der Waals surface area contributed by atoms with Gasteiger partial charge in [-0.05, 0) is 23.8 Å². The molecule has 25 heavy (non-hydrogen) atoms. The number of hydrogen-bond donors (Lipinski definition) is 0. The van der Waals surface area contributed by atoms with Crippen LogP contribution in [0.2, 0.25) is 0 Å². The Morgan fingerprint density at radius 1 is 0.920 bits per heavy atom. The van der Waals surface area contributed by atoms with Crippen molar-refractivity contribution in [1.29, 1.82) is 0 Å². The highest BCUT2D eigenvalue weighted by atomic mass is 19.4. The van der Waals surface area contributed by atoms with Gasteiger partial charge < -0.3 is 9.47 Å². The van der Waals surface area contributed by atoms with Crippen molar-refractivity contribution in [3.05, 3.63) is 53.6 Å². The first-order chi connectivity index (χ1) is 11.5. The molecule has 2 aromatic carbocycles. The summed E-state index contributed by atoms with van der Waals surface area (Å²) in [7, 11) is 0.949. The smallest absolute Gasteiger partial charge is 0.465 e. The van der Waals surface area contributed by atoms with E-state index in [4.69, 9.17) is 0 Å². The van der Waals surface area contributed by atoms with Gasteiger partial charge in [0.1, 0.15) is 5.75 Å². The van der Waals surface area contributed by atoms with Crippen LogP contribution in [0.25, 0.3) is 11.1 Å². The van der Waals surface area contributed by atoms with Crippen LogP contribution in [0.1, 0.15) is 15.9 Å². The highest BCUT2D eigenvalue weighted by Gasteiger charge is 2.34. The molecule has 134 valence electrons. The van der Waals surface area contributed by atoms with Gasteiger partial charge >= 0.3 is 18.5 Å². The van der Waals surface area contributed by atoms with Crippen molar-refractivity contribution in [3.63, 3.8) is 0 Å². The molecule has 0 aliphatic carbocycles. The number of alkyl halides is 6.